The number of amides is 2. The second-order valence-corrected chi connectivity index (χ2v) is 5.51. The van der Waals surface area contributed by atoms with Crippen molar-refractivity contribution in [2.75, 3.05) is 25.5 Å². The number of carbonyl (C=O) groups excluding carboxylic acids is 2. The summed E-state index contributed by atoms with van der Waals surface area (Å²) >= 11 is 1.45. The number of hydrogen-bond acceptors (Lipinski definition) is 5. The lowest BCUT2D eigenvalue weighted by Crippen LogP contribution is -2.50. The number of rotatable bonds is 5. The summed E-state index contributed by atoms with van der Waals surface area (Å²) < 4.78 is 5.31. The van der Waals surface area contributed by atoms with Gasteiger partial charge in [-0.3, -0.25) is 14.6 Å². The first-order valence-corrected chi connectivity index (χ1v) is 7.33. The second-order valence-electron chi connectivity index (χ2n) is 4.46. The zero-order chi connectivity index (χ0) is 14.4. The molecule has 0 bridgehead atoms. The van der Waals surface area contributed by atoms with Gasteiger partial charge >= 0.3 is 0 Å². The number of ether oxygens (including phenoxy) is 1. The lowest BCUT2D eigenvalue weighted by Gasteiger charge is -2.35. The average Bonchev–Trinajstić information content (AvgIpc) is 2.46. The van der Waals surface area contributed by atoms with Crippen molar-refractivity contribution in [3.05, 3.63) is 24.5 Å². The van der Waals surface area contributed by atoms with Crippen molar-refractivity contribution in [2.24, 2.45) is 5.73 Å². The van der Waals surface area contributed by atoms with Gasteiger partial charge in [0.1, 0.15) is 0 Å². The van der Waals surface area contributed by atoms with Gasteiger partial charge in [0, 0.05) is 30.3 Å². The molecule has 0 spiro atoms. The van der Waals surface area contributed by atoms with E-state index in [0.29, 0.717) is 25.5 Å². The predicted octanol–water partition coefficient (Wildman–Crippen LogP) is 0.277. The minimum Gasteiger partial charge on any atom is -0.377 e. The first-order chi connectivity index (χ1) is 9.66. The van der Waals surface area contributed by atoms with Gasteiger partial charge in [-0.25, -0.2) is 0 Å². The van der Waals surface area contributed by atoms with Crippen LogP contribution >= 0.6 is 11.8 Å². The molecule has 1 aliphatic heterocycles. The molecule has 0 unspecified atom stereocenters. The quantitative estimate of drug-likeness (QED) is 0.788. The first-order valence-electron chi connectivity index (χ1n) is 6.35. The summed E-state index contributed by atoms with van der Waals surface area (Å²) in [6, 6.07) is 3.47. The Morgan fingerprint density at radius 1 is 1.45 bits per heavy atom. The molecule has 2 N–H and O–H groups in total. The number of thioether (sulfide) groups is 1. The van der Waals surface area contributed by atoms with E-state index in [1.165, 1.54) is 11.8 Å². The van der Waals surface area contributed by atoms with E-state index < -0.39 is 5.91 Å². The Kier molecular flexibility index (Phi) is 5.37. The van der Waals surface area contributed by atoms with Crippen LogP contribution in [0, 0.1) is 0 Å². The van der Waals surface area contributed by atoms with Crippen LogP contribution < -0.4 is 5.73 Å². The highest BCUT2D eigenvalue weighted by Crippen LogP contribution is 2.19. The molecule has 20 heavy (non-hydrogen) atoms. The minimum atomic E-state index is -0.417. The van der Waals surface area contributed by atoms with E-state index in [-0.39, 0.29) is 18.4 Å². The number of morpholine rings is 1. The molecule has 1 aliphatic rings. The monoisotopic (exact) mass is 295 g/mol. The van der Waals surface area contributed by atoms with E-state index >= 15 is 0 Å². The maximum absolute atomic E-state index is 12.2. The van der Waals surface area contributed by atoms with Crippen molar-refractivity contribution in [3.8, 4) is 0 Å². The fraction of sp³-hybridized carbons (Fsp3) is 0.462. The zero-order valence-electron chi connectivity index (χ0n) is 11.0. The van der Waals surface area contributed by atoms with Gasteiger partial charge in [0.2, 0.25) is 11.8 Å². The van der Waals surface area contributed by atoms with E-state index in [1.807, 2.05) is 12.1 Å². The Morgan fingerprint density at radius 2 is 2.20 bits per heavy atom. The highest BCUT2D eigenvalue weighted by molar-refractivity contribution is 8.00. The maximum Gasteiger partial charge on any atom is 0.233 e. The van der Waals surface area contributed by atoms with E-state index in [1.54, 1.807) is 17.3 Å². The molecule has 2 rings (SSSR count). The number of carbonyl (C=O) groups is 2. The Bertz CT molecular complexity index is 469. The van der Waals surface area contributed by atoms with Crippen LogP contribution in [0.2, 0.25) is 0 Å². The number of nitrogens with zero attached hydrogens (tertiary/aromatic N) is 2. The van der Waals surface area contributed by atoms with Gasteiger partial charge in [0.15, 0.2) is 0 Å². The molecule has 0 aliphatic carbocycles. The molecular weight excluding hydrogens is 278 g/mol. The molecule has 2 amide bonds. The molecule has 1 atom stereocenters. The average molecular weight is 295 g/mol. The number of aromatic nitrogens is 1. The van der Waals surface area contributed by atoms with Gasteiger partial charge in [0.25, 0.3) is 0 Å². The summed E-state index contributed by atoms with van der Waals surface area (Å²) in [5.41, 5.74) is 5.21. The number of pyridine rings is 1. The van der Waals surface area contributed by atoms with Crippen LogP contribution in [0.1, 0.15) is 6.42 Å². The largest absolute Gasteiger partial charge is 0.377 e. The van der Waals surface area contributed by atoms with Gasteiger partial charge in [0.05, 0.1) is 25.0 Å². The van der Waals surface area contributed by atoms with E-state index in [4.69, 9.17) is 10.5 Å². The van der Waals surface area contributed by atoms with Gasteiger partial charge in [-0.15, -0.1) is 11.8 Å². The maximum atomic E-state index is 12.2. The van der Waals surface area contributed by atoms with Crippen LogP contribution in [-0.2, 0) is 14.3 Å². The fourth-order valence-corrected chi connectivity index (χ4v) is 2.82. The number of hydrogen-bond donors (Lipinski definition) is 1. The molecule has 6 nitrogen and oxygen atoms in total. The summed E-state index contributed by atoms with van der Waals surface area (Å²) in [5.74, 6) is -0.0827. The third-order valence-electron chi connectivity index (χ3n) is 3.00. The molecular formula is C13H17N3O3S. The molecule has 0 aromatic carbocycles. The highest BCUT2D eigenvalue weighted by Gasteiger charge is 2.28. The molecule has 1 aromatic heterocycles. The van der Waals surface area contributed by atoms with Gasteiger partial charge in [-0.1, -0.05) is 0 Å². The van der Waals surface area contributed by atoms with E-state index in [9.17, 15) is 9.59 Å². The van der Waals surface area contributed by atoms with Crippen LogP contribution in [0.5, 0.6) is 0 Å². The third kappa shape index (κ3) is 4.21. The summed E-state index contributed by atoms with van der Waals surface area (Å²) in [5, 5.41) is 0. The summed E-state index contributed by atoms with van der Waals surface area (Å²) in [6.45, 7) is 1.38. The molecule has 1 aromatic rings. The minimum absolute atomic E-state index is 0.00126. The van der Waals surface area contributed by atoms with Crippen molar-refractivity contribution >= 4 is 23.6 Å². The van der Waals surface area contributed by atoms with Crippen molar-refractivity contribution in [1.29, 1.82) is 0 Å². The fourth-order valence-electron chi connectivity index (χ4n) is 2.05. The molecule has 1 fully saturated rings. The molecule has 1 saturated heterocycles. The molecule has 108 valence electrons. The van der Waals surface area contributed by atoms with Crippen LogP contribution in [0.25, 0.3) is 0 Å². The first kappa shape index (κ1) is 14.8. The molecule has 0 radical (unpaired) electrons. The van der Waals surface area contributed by atoms with E-state index in [0.717, 1.165) is 4.90 Å². The third-order valence-corrected chi connectivity index (χ3v) is 3.99. The lowest BCUT2D eigenvalue weighted by molar-refractivity contribution is -0.138. The summed E-state index contributed by atoms with van der Waals surface area (Å²) in [4.78, 5) is 29.9. The van der Waals surface area contributed by atoms with Crippen LogP contribution in [-0.4, -0.2) is 53.3 Å². The van der Waals surface area contributed by atoms with E-state index in [2.05, 4.69) is 4.98 Å². The summed E-state index contributed by atoms with van der Waals surface area (Å²) in [7, 11) is 0. The molecule has 7 heteroatoms. The van der Waals surface area contributed by atoms with Crippen molar-refractivity contribution in [3.63, 3.8) is 0 Å². The second kappa shape index (κ2) is 7.25. The van der Waals surface area contributed by atoms with Gasteiger partial charge < -0.3 is 15.4 Å². The zero-order valence-corrected chi connectivity index (χ0v) is 11.8. The number of nitrogens with two attached hydrogens (primary N) is 1. The Labute approximate surface area is 121 Å². The van der Waals surface area contributed by atoms with Crippen molar-refractivity contribution < 1.29 is 14.3 Å². The Balaban J connectivity index is 1.90. The SMILES string of the molecule is NC(=O)C[C@@H]1COCCN1C(=O)CSc1ccncc1. The standard InChI is InChI=1S/C13H17N3O3S/c14-12(17)7-10-8-19-6-5-16(10)13(18)9-20-11-1-3-15-4-2-11/h1-4,10H,5-9H2,(H2,14,17)/t10-/m1/s1. The topological polar surface area (TPSA) is 85.5 Å². The lowest BCUT2D eigenvalue weighted by atomic mass is 10.1. The van der Waals surface area contributed by atoms with Gasteiger partial charge in [-0.2, -0.15) is 0 Å². The molecule has 2 heterocycles. The number of primary amides is 1. The molecule has 0 saturated carbocycles. The van der Waals surface area contributed by atoms with Crippen LogP contribution in [0.4, 0.5) is 0 Å². The van der Waals surface area contributed by atoms with Crippen molar-refractivity contribution in [1.82, 2.24) is 9.88 Å². The summed E-state index contributed by atoms with van der Waals surface area (Å²) in [6.07, 6.45) is 3.53. The van der Waals surface area contributed by atoms with Gasteiger partial charge in [-0.05, 0) is 12.1 Å². The van der Waals surface area contributed by atoms with Crippen LogP contribution in [0.3, 0.4) is 0 Å². The Morgan fingerprint density at radius 3 is 2.90 bits per heavy atom. The van der Waals surface area contributed by atoms with Crippen molar-refractivity contribution in [2.45, 2.75) is 17.4 Å². The van der Waals surface area contributed by atoms with Crippen LogP contribution in [0.15, 0.2) is 29.4 Å². The predicted molar refractivity (Wildman–Crippen MR) is 75.1 cm³/mol. The normalized spacial score (nSPS) is 18.8. The smallest absolute Gasteiger partial charge is 0.233 e. The highest BCUT2D eigenvalue weighted by atomic mass is 32.2. The Hall–Kier alpha value is -1.60.